The summed E-state index contributed by atoms with van der Waals surface area (Å²) in [4.78, 5) is 10.6. The molecule has 0 spiro atoms. The molecule has 0 aliphatic carbocycles. The average molecular weight is 325 g/mol. The van der Waals surface area contributed by atoms with Gasteiger partial charge in [0, 0.05) is 25.8 Å². The van der Waals surface area contributed by atoms with Gasteiger partial charge in [0.15, 0.2) is 17.3 Å². The summed E-state index contributed by atoms with van der Waals surface area (Å²) in [6.07, 6.45) is -1.05. The number of likely N-dealkylation sites (N-methyl/N-ethyl adjacent to an activating group) is 1. The Hall–Kier alpha value is -2.13. The highest BCUT2D eigenvalue weighted by atomic mass is 19.3. The van der Waals surface area contributed by atoms with Gasteiger partial charge in [0.1, 0.15) is 6.61 Å². The van der Waals surface area contributed by atoms with Gasteiger partial charge in [-0.05, 0) is 19.2 Å². The van der Waals surface area contributed by atoms with Gasteiger partial charge in [0.2, 0.25) is 0 Å². The van der Waals surface area contributed by atoms with Gasteiger partial charge >= 0.3 is 0 Å². The van der Waals surface area contributed by atoms with Crippen molar-refractivity contribution in [1.29, 1.82) is 0 Å². The molecule has 0 aromatic carbocycles. The molecule has 0 amide bonds. The lowest BCUT2D eigenvalue weighted by Gasteiger charge is -2.30. The van der Waals surface area contributed by atoms with Gasteiger partial charge in [-0.2, -0.15) is 4.98 Å². The summed E-state index contributed by atoms with van der Waals surface area (Å²) in [5.41, 5.74) is 0.262. The maximum absolute atomic E-state index is 12.3. The molecule has 2 aromatic rings. The lowest BCUT2D eigenvalue weighted by molar-refractivity contribution is 0.0819. The van der Waals surface area contributed by atoms with Crippen LogP contribution in [0.2, 0.25) is 0 Å². The fraction of sp³-hybridized carbons (Fsp3) is 0.500. The molecule has 1 atom stereocenters. The third kappa shape index (κ3) is 3.62. The number of rotatable bonds is 5. The number of ether oxygens (including phenoxy) is 1. The molecule has 23 heavy (non-hydrogen) atoms. The zero-order valence-electron chi connectivity index (χ0n) is 12.6. The predicted molar refractivity (Wildman–Crippen MR) is 77.3 cm³/mol. The fourth-order valence-corrected chi connectivity index (χ4v) is 2.38. The molecule has 0 saturated carbocycles. The van der Waals surface area contributed by atoms with Crippen LogP contribution < -0.4 is 10.1 Å². The van der Waals surface area contributed by atoms with Gasteiger partial charge in [-0.25, -0.2) is 13.8 Å². The number of hydrogen-bond donors (Lipinski definition) is 1. The number of halogens is 2. The highest BCUT2D eigenvalue weighted by Gasteiger charge is 2.26. The Morgan fingerprint density at radius 2 is 2.39 bits per heavy atom. The molecule has 1 N–H and O–H groups in total. The Labute approximate surface area is 131 Å². The van der Waals surface area contributed by atoms with Crippen LogP contribution >= 0.6 is 0 Å². The maximum atomic E-state index is 12.3. The average Bonchev–Trinajstić information content (AvgIpc) is 3.03. The van der Waals surface area contributed by atoms with Crippen molar-refractivity contribution in [1.82, 2.24) is 25.3 Å². The van der Waals surface area contributed by atoms with E-state index in [1.807, 2.05) is 7.05 Å². The Morgan fingerprint density at radius 3 is 3.17 bits per heavy atom. The normalized spacial score (nSPS) is 19.2. The first kappa shape index (κ1) is 15.8. The first-order chi connectivity index (χ1) is 11.1. The van der Waals surface area contributed by atoms with Crippen molar-refractivity contribution in [3.8, 4) is 17.3 Å². The van der Waals surface area contributed by atoms with Crippen molar-refractivity contribution in [2.24, 2.45) is 0 Å². The van der Waals surface area contributed by atoms with Crippen molar-refractivity contribution < 1.29 is 18.0 Å². The quantitative estimate of drug-likeness (QED) is 0.889. The second-order valence-electron chi connectivity index (χ2n) is 5.21. The SMILES string of the molecule is CN1CCNCC1c1noc(-c2ncccc2OCC(F)F)n1. The first-order valence-corrected chi connectivity index (χ1v) is 7.26. The highest BCUT2D eigenvalue weighted by molar-refractivity contribution is 5.56. The van der Waals surface area contributed by atoms with E-state index < -0.39 is 13.0 Å². The summed E-state index contributed by atoms with van der Waals surface area (Å²) in [6.45, 7) is 1.78. The van der Waals surface area contributed by atoms with E-state index in [0.717, 1.165) is 13.1 Å². The van der Waals surface area contributed by atoms with E-state index >= 15 is 0 Å². The number of pyridine rings is 1. The van der Waals surface area contributed by atoms with Gasteiger partial charge in [0.25, 0.3) is 12.3 Å². The smallest absolute Gasteiger partial charge is 0.280 e. The third-order valence-corrected chi connectivity index (χ3v) is 3.59. The topological polar surface area (TPSA) is 76.3 Å². The Bertz CT molecular complexity index is 652. The van der Waals surface area contributed by atoms with Gasteiger partial charge in [-0.1, -0.05) is 5.16 Å². The van der Waals surface area contributed by atoms with E-state index in [4.69, 9.17) is 9.26 Å². The second kappa shape index (κ2) is 6.97. The van der Waals surface area contributed by atoms with E-state index in [1.165, 1.54) is 6.20 Å². The molecule has 3 rings (SSSR count). The number of aromatic nitrogens is 3. The number of nitrogens with one attached hydrogen (secondary N) is 1. The standard InChI is InChI=1S/C14H17F2N5O2/c1-21-6-5-17-7-9(21)13-19-14(23-20-13)12-10(3-2-4-18-12)22-8-11(15)16/h2-4,9,11,17H,5-8H2,1H3. The van der Waals surface area contributed by atoms with Gasteiger partial charge in [0.05, 0.1) is 6.04 Å². The summed E-state index contributed by atoms with van der Waals surface area (Å²) >= 11 is 0. The summed E-state index contributed by atoms with van der Waals surface area (Å²) in [5.74, 6) is 0.877. The van der Waals surface area contributed by atoms with Gasteiger partial charge < -0.3 is 14.6 Å². The molecule has 1 unspecified atom stereocenters. The lowest BCUT2D eigenvalue weighted by Crippen LogP contribution is -2.44. The number of hydrogen-bond acceptors (Lipinski definition) is 7. The summed E-state index contributed by atoms with van der Waals surface area (Å²) in [6, 6.07) is 3.14. The largest absolute Gasteiger partial charge is 0.485 e. The molecule has 1 saturated heterocycles. The van der Waals surface area contributed by atoms with Crippen LogP contribution in [0.3, 0.4) is 0 Å². The van der Waals surface area contributed by atoms with Crippen molar-refractivity contribution in [3.63, 3.8) is 0 Å². The predicted octanol–water partition coefficient (Wildman–Crippen LogP) is 1.35. The van der Waals surface area contributed by atoms with Crippen LogP contribution in [0.15, 0.2) is 22.9 Å². The minimum absolute atomic E-state index is 0.00426. The Morgan fingerprint density at radius 1 is 1.52 bits per heavy atom. The molecule has 1 aliphatic rings. The monoisotopic (exact) mass is 325 g/mol. The van der Waals surface area contributed by atoms with Crippen LogP contribution in [0, 0.1) is 0 Å². The Balaban J connectivity index is 1.82. The van der Waals surface area contributed by atoms with Crippen LogP contribution in [0.4, 0.5) is 8.78 Å². The lowest BCUT2D eigenvalue weighted by atomic mass is 10.2. The van der Waals surface area contributed by atoms with E-state index in [-0.39, 0.29) is 23.4 Å². The van der Waals surface area contributed by atoms with E-state index in [1.54, 1.807) is 12.1 Å². The molecule has 3 heterocycles. The van der Waals surface area contributed by atoms with E-state index in [0.29, 0.717) is 12.4 Å². The molecule has 1 fully saturated rings. The molecule has 0 radical (unpaired) electrons. The van der Waals surface area contributed by atoms with Gasteiger partial charge in [-0.3, -0.25) is 4.90 Å². The first-order valence-electron chi connectivity index (χ1n) is 7.26. The third-order valence-electron chi connectivity index (χ3n) is 3.59. The number of alkyl halides is 2. The highest BCUT2D eigenvalue weighted by Crippen LogP contribution is 2.28. The summed E-state index contributed by atoms with van der Waals surface area (Å²) in [7, 11) is 1.99. The Kier molecular flexibility index (Phi) is 4.77. The molecular weight excluding hydrogens is 308 g/mol. The number of piperazine rings is 1. The van der Waals surface area contributed by atoms with Crippen LogP contribution in [-0.2, 0) is 0 Å². The van der Waals surface area contributed by atoms with E-state index in [9.17, 15) is 8.78 Å². The maximum Gasteiger partial charge on any atom is 0.280 e. The number of nitrogens with zero attached hydrogens (tertiary/aromatic N) is 4. The van der Waals surface area contributed by atoms with Crippen LogP contribution in [0.5, 0.6) is 5.75 Å². The van der Waals surface area contributed by atoms with Crippen LogP contribution in [-0.4, -0.2) is 59.7 Å². The van der Waals surface area contributed by atoms with Crippen LogP contribution in [0.1, 0.15) is 11.9 Å². The molecule has 9 heteroatoms. The molecule has 7 nitrogen and oxygen atoms in total. The molecule has 0 bridgehead atoms. The van der Waals surface area contributed by atoms with Crippen LogP contribution in [0.25, 0.3) is 11.6 Å². The van der Waals surface area contributed by atoms with Crippen molar-refractivity contribution in [3.05, 3.63) is 24.2 Å². The molecular formula is C14H17F2N5O2. The van der Waals surface area contributed by atoms with Gasteiger partial charge in [-0.15, -0.1) is 0 Å². The zero-order valence-corrected chi connectivity index (χ0v) is 12.6. The van der Waals surface area contributed by atoms with Crippen molar-refractivity contribution >= 4 is 0 Å². The summed E-state index contributed by atoms with van der Waals surface area (Å²) in [5, 5.41) is 7.26. The fourth-order valence-electron chi connectivity index (χ4n) is 2.38. The summed E-state index contributed by atoms with van der Waals surface area (Å²) < 4.78 is 35.0. The molecule has 124 valence electrons. The molecule has 2 aromatic heterocycles. The minimum atomic E-state index is -2.57. The molecule has 1 aliphatic heterocycles. The van der Waals surface area contributed by atoms with E-state index in [2.05, 4.69) is 25.3 Å². The minimum Gasteiger partial charge on any atom is -0.485 e. The second-order valence-corrected chi connectivity index (χ2v) is 5.21. The zero-order chi connectivity index (χ0) is 16.2. The van der Waals surface area contributed by atoms with Crippen molar-refractivity contribution in [2.75, 3.05) is 33.3 Å². The van der Waals surface area contributed by atoms with Crippen molar-refractivity contribution in [2.45, 2.75) is 12.5 Å².